The second kappa shape index (κ2) is 4.77. The lowest BCUT2D eigenvalue weighted by molar-refractivity contribution is -0.123. The van der Waals surface area contributed by atoms with Crippen LogP contribution in [0, 0.1) is 0 Å². The van der Waals surface area contributed by atoms with Gasteiger partial charge in [-0.3, -0.25) is 10.1 Å². The summed E-state index contributed by atoms with van der Waals surface area (Å²) >= 11 is 0. The molecule has 1 aliphatic carbocycles. The predicted octanol–water partition coefficient (Wildman–Crippen LogP) is 0.314. The van der Waals surface area contributed by atoms with Crippen molar-refractivity contribution in [2.45, 2.75) is 24.8 Å². The Morgan fingerprint density at radius 1 is 1.33 bits per heavy atom. The molecule has 0 unspecified atom stereocenters. The fourth-order valence-corrected chi connectivity index (χ4v) is 1.68. The number of anilines is 1. The molecule has 0 saturated heterocycles. The molecule has 0 bridgehead atoms. The first-order chi connectivity index (χ1) is 8.57. The number of carbonyl (C=O) groups excluding carboxylic acids is 1. The van der Waals surface area contributed by atoms with E-state index in [4.69, 9.17) is 15.2 Å². The third-order valence-electron chi connectivity index (χ3n) is 3.02. The van der Waals surface area contributed by atoms with Gasteiger partial charge in [0.1, 0.15) is 0 Å². The Labute approximate surface area is 105 Å². The number of methoxy groups -OCH3 is 2. The summed E-state index contributed by atoms with van der Waals surface area (Å²) < 4.78 is 9.98. The zero-order valence-corrected chi connectivity index (χ0v) is 10.4. The van der Waals surface area contributed by atoms with Gasteiger partial charge >= 0.3 is 0 Å². The predicted molar refractivity (Wildman–Crippen MR) is 64.5 cm³/mol. The van der Waals surface area contributed by atoms with Gasteiger partial charge in [-0.25, -0.2) is 0 Å². The molecule has 1 amide bonds. The minimum atomic E-state index is -0.792. The van der Waals surface area contributed by atoms with E-state index in [1.54, 1.807) is 0 Å². The molecule has 0 atom stereocenters. The number of aromatic nitrogens is 2. The van der Waals surface area contributed by atoms with Gasteiger partial charge in [0, 0.05) is 0 Å². The number of nitrogens with zero attached hydrogens (tertiary/aromatic N) is 2. The summed E-state index contributed by atoms with van der Waals surface area (Å²) in [5.74, 6) is 0.491. The summed E-state index contributed by atoms with van der Waals surface area (Å²) in [6, 6.07) is 1.53. The molecule has 0 spiro atoms. The lowest BCUT2D eigenvalue weighted by Gasteiger charge is -2.35. The minimum absolute atomic E-state index is 0.132. The Hall–Kier alpha value is -1.89. The molecule has 1 aliphatic rings. The normalized spacial score (nSPS) is 16.6. The van der Waals surface area contributed by atoms with E-state index in [2.05, 4.69) is 15.3 Å². The van der Waals surface area contributed by atoms with Crippen molar-refractivity contribution in [1.82, 2.24) is 9.97 Å². The molecule has 0 radical (unpaired) electrons. The van der Waals surface area contributed by atoms with Crippen LogP contribution >= 0.6 is 0 Å². The lowest BCUT2D eigenvalue weighted by atomic mass is 9.77. The summed E-state index contributed by atoms with van der Waals surface area (Å²) in [4.78, 5) is 19.9. The number of amides is 1. The maximum absolute atomic E-state index is 11.9. The third kappa shape index (κ3) is 2.35. The Morgan fingerprint density at radius 2 is 1.89 bits per heavy atom. The SMILES string of the molecule is COc1cc(OC)nc(NC(=O)C2(N)CCC2)n1. The molecule has 1 aromatic rings. The molecule has 7 nitrogen and oxygen atoms in total. The van der Waals surface area contributed by atoms with Crippen LogP contribution in [0.4, 0.5) is 5.95 Å². The average Bonchev–Trinajstić information content (AvgIpc) is 2.35. The zero-order valence-electron chi connectivity index (χ0n) is 10.4. The van der Waals surface area contributed by atoms with E-state index in [1.807, 2.05) is 0 Å². The van der Waals surface area contributed by atoms with Gasteiger partial charge < -0.3 is 15.2 Å². The van der Waals surface area contributed by atoms with Crippen LogP contribution < -0.4 is 20.5 Å². The smallest absolute Gasteiger partial charge is 0.246 e. The van der Waals surface area contributed by atoms with Crippen LogP contribution in [0.2, 0.25) is 0 Å². The molecule has 1 heterocycles. The van der Waals surface area contributed by atoms with Crippen LogP contribution in [-0.4, -0.2) is 35.6 Å². The molecule has 2 rings (SSSR count). The van der Waals surface area contributed by atoms with E-state index >= 15 is 0 Å². The highest BCUT2D eigenvalue weighted by atomic mass is 16.5. The highest BCUT2D eigenvalue weighted by Crippen LogP contribution is 2.30. The quantitative estimate of drug-likeness (QED) is 0.800. The van der Waals surface area contributed by atoms with Crippen molar-refractivity contribution in [3.05, 3.63) is 6.07 Å². The average molecular weight is 252 g/mol. The Morgan fingerprint density at radius 3 is 2.28 bits per heavy atom. The number of rotatable bonds is 4. The van der Waals surface area contributed by atoms with Gasteiger partial charge in [0.05, 0.1) is 25.8 Å². The fraction of sp³-hybridized carbons (Fsp3) is 0.545. The van der Waals surface area contributed by atoms with E-state index in [0.717, 1.165) is 6.42 Å². The molecular formula is C11H16N4O3. The maximum atomic E-state index is 11.9. The van der Waals surface area contributed by atoms with Gasteiger partial charge in [0.2, 0.25) is 23.6 Å². The van der Waals surface area contributed by atoms with Crippen molar-refractivity contribution in [2.75, 3.05) is 19.5 Å². The molecule has 7 heteroatoms. The molecule has 0 aliphatic heterocycles. The number of carbonyl (C=O) groups is 1. The molecular weight excluding hydrogens is 236 g/mol. The van der Waals surface area contributed by atoms with Crippen LogP contribution in [0.5, 0.6) is 11.8 Å². The Bertz CT molecular complexity index is 437. The van der Waals surface area contributed by atoms with Crippen LogP contribution in [0.1, 0.15) is 19.3 Å². The summed E-state index contributed by atoms with van der Waals surface area (Å²) in [5, 5.41) is 2.59. The van der Waals surface area contributed by atoms with Crippen molar-refractivity contribution >= 4 is 11.9 Å². The third-order valence-corrected chi connectivity index (χ3v) is 3.02. The largest absolute Gasteiger partial charge is 0.481 e. The number of nitrogens with one attached hydrogen (secondary N) is 1. The topological polar surface area (TPSA) is 99.4 Å². The number of nitrogens with two attached hydrogens (primary N) is 1. The summed E-state index contributed by atoms with van der Waals surface area (Å²) in [6.07, 6.45) is 2.33. The standard InChI is InChI=1S/C11H16N4O3/c1-17-7-6-8(18-2)14-10(13-7)15-9(16)11(12)4-3-5-11/h6H,3-5,12H2,1-2H3,(H,13,14,15,16). The molecule has 1 fully saturated rings. The first kappa shape index (κ1) is 12.6. The number of hydrogen-bond acceptors (Lipinski definition) is 6. The lowest BCUT2D eigenvalue weighted by Crippen LogP contribution is -2.56. The van der Waals surface area contributed by atoms with Gasteiger partial charge in [-0.1, -0.05) is 0 Å². The van der Waals surface area contributed by atoms with Crippen LogP contribution in [0.3, 0.4) is 0 Å². The summed E-state index contributed by atoms with van der Waals surface area (Å²) in [5.41, 5.74) is 5.11. The molecule has 0 aromatic carbocycles. The van der Waals surface area contributed by atoms with Crippen molar-refractivity contribution in [3.63, 3.8) is 0 Å². The first-order valence-corrected chi connectivity index (χ1v) is 5.65. The second-order valence-electron chi connectivity index (χ2n) is 4.24. The minimum Gasteiger partial charge on any atom is -0.481 e. The number of hydrogen-bond donors (Lipinski definition) is 2. The van der Waals surface area contributed by atoms with Crippen LogP contribution in [-0.2, 0) is 4.79 Å². The highest BCUT2D eigenvalue weighted by molar-refractivity contribution is 5.97. The van der Waals surface area contributed by atoms with Gasteiger partial charge in [-0.05, 0) is 19.3 Å². The van der Waals surface area contributed by atoms with Crippen LogP contribution in [0.15, 0.2) is 6.07 Å². The highest BCUT2D eigenvalue weighted by Gasteiger charge is 2.40. The molecule has 1 aromatic heterocycles. The summed E-state index contributed by atoms with van der Waals surface area (Å²) in [7, 11) is 2.95. The fourth-order valence-electron chi connectivity index (χ4n) is 1.68. The van der Waals surface area contributed by atoms with Gasteiger partial charge in [0.15, 0.2) is 0 Å². The van der Waals surface area contributed by atoms with Gasteiger partial charge in [-0.15, -0.1) is 0 Å². The second-order valence-corrected chi connectivity index (χ2v) is 4.24. The Balaban J connectivity index is 2.15. The van der Waals surface area contributed by atoms with E-state index in [9.17, 15) is 4.79 Å². The van der Waals surface area contributed by atoms with Gasteiger partial charge in [0.25, 0.3) is 0 Å². The van der Waals surface area contributed by atoms with E-state index in [-0.39, 0.29) is 11.9 Å². The monoisotopic (exact) mass is 252 g/mol. The first-order valence-electron chi connectivity index (χ1n) is 5.65. The van der Waals surface area contributed by atoms with E-state index < -0.39 is 5.54 Å². The van der Waals surface area contributed by atoms with E-state index in [0.29, 0.717) is 24.6 Å². The van der Waals surface area contributed by atoms with Crippen molar-refractivity contribution in [1.29, 1.82) is 0 Å². The number of ether oxygens (including phenoxy) is 2. The summed E-state index contributed by atoms with van der Waals surface area (Å²) in [6.45, 7) is 0. The zero-order chi connectivity index (χ0) is 13.2. The molecule has 98 valence electrons. The van der Waals surface area contributed by atoms with Crippen molar-refractivity contribution < 1.29 is 14.3 Å². The molecule has 3 N–H and O–H groups in total. The van der Waals surface area contributed by atoms with Crippen LogP contribution in [0.25, 0.3) is 0 Å². The van der Waals surface area contributed by atoms with E-state index in [1.165, 1.54) is 20.3 Å². The molecule has 1 saturated carbocycles. The molecule has 18 heavy (non-hydrogen) atoms. The maximum Gasteiger partial charge on any atom is 0.246 e. The Kier molecular flexibility index (Phi) is 3.33. The van der Waals surface area contributed by atoms with Crippen molar-refractivity contribution in [3.8, 4) is 11.8 Å². The van der Waals surface area contributed by atoms with Crippen molar-refractivity contribution in [2.24, 2.45) is 5.73 Å². The van der Waals surface area contributed by atoms with Gasteiger partial charge in [-0.2, -0.15) is 9.97 Å².